The standard InChI is InChI=1S/C27H19F2IN6O4S/c1-14-33-17(13-41-14)11-35-12-19(26(38)36(27(35)39)18-5-2-15(28)3-6-18)25(37)34-16-4-7-21(20(29)10-16)40-22-8-9-32-24(31)23(22)30/h2-10,12-13H,11H2,1H3,(H2,31,32)(H,34,37). The third-order valence-electron chi connectivity index (χ3n) is 5.77. The van der Waals surface area contributed by atoms with E-state index in [9.17, 15) is 23.2 Å². The van der Waals surface area contributed by atoms with Gasteiger partial charge in [0.1, 0.15) is 22.9 Å². The average Bonchev–Trinajstić information content (AvgIpc) is 3.35. The van der Waals surface area contributed by atoms with Gasteiger partial charge in [-0.15, -0.1) is 11.3 Å². The first-order valence-electron chi connectivity index (χ1n) is 11.8. The number of aryl methyl sites for hydroxylation is 1. The van der Waals surface area contributed by atoms with E-state index >= 15 is 0 Å². The van der Waals surface area contributed by atoms with Gasteiger partial charge in [-0.3, -0.25) is 14.2 Å². The van der Waals surface area contributed by atoms with Gasteiger partial charge in [-0.25, -0.2) is 28.1 Å². The zero-order valence-corrected chi connectivity index (χ0v) is 24.1. The molecule has 14 heteroatoms. The molecule has 0 atom stereocenters. The minimum Gasteiger partial charge on any atom is -0.453 e. The smallest absolute Gasteiger partial charge is 0.336 e. The highest BCUT2D eigenvalue weighted by Gasteiger charge is 2.20. The van der Waals surface area contributed by atoms with Crippen LogP contribution >= 0.6 is 33.9 Å². The summed E-state index contributed by atoms with van der Waals surface area (Å²) in [6, 6.07) is 9.94. The van der Waals surface area contributed by atoms with Gasteiger partial charge in [-0.1, -0.05) is 0 Å². The Morgan fingerprint density at radius 1 is 1.12 bits per heavy atom. The number of aromatic nitrogens is 4. The van der Waals surface area contributed by atoms with Crippen molar-refractivity contribution in [2.45, 2.75) is 13.5 Å². The van der Waals surface area contributed by atoms with Gasteiger partial charge in [0.05, 0.1) is 26.5 Å². The molecule has 3 heterocycles. The van der Waals surface area contributed by atoms with Crippen LogP contribution in [-0.4, -0.2) is 25.0 Å². The largest absolute Gasteiger partial charge is 0.453 e. The maximum Gasteiger partial charge on any atom is 0.336 e. The minimum atomic E-state index is -0.935. The summed E-state index contributed by atoms with van der Waals surface area (Å²) in [5, 5.41) is 5.01. The van der Waals surface area contributed by atoms with Crippen molar-refractivity contribution in [3.8, 4) is 17.2 Å². The lowest BCUT2D eigenvalue weighted by atomic mass is 10.2. The molecule has 0 saturated carbocycles. The van der Waals surface area contributed by atoms with Crippen LogP contribution in [0.3, 0.4) is 0 Å². The SMILES string of the molecule is Cc1nc(Cn2cc(C(=O)Nc3ccc(Oc4ccnc(N)c4I)c(F)c3)c(=O)n(-c3ccc(F)cc3)c2=O)cs1. The Bertz CT molecular complexity index is 1910. The molecular formula is C27H19F2IN6O4S. The first-order chi connectivity index (χ1) is 19.6. The van der Waals surface area contributed by atoms with Gasteiger partial charge < -0.3 is 15.8 Å². The molecule has 0 spiro atoms. The summed E-state index contributed by atoms with van der Waals surface area (Å²) < 4.78 is 36.5. The van der Waals surface area contributed by atoms with Crippen molar-refractivity contribution in [2.75, 3.05) is 11.1 Å². The highest BCUT2D eigenvalue weighted by molar-refractivity contribution is 14.1. The molecule has 0 aliphatic carbocycles. The van der Waals surface area contributed by atoms with Gasteiger partial charge in [0.25, 0.3) is 11.5 Å². The van der Waals surface area contributed by atoms with E-state index < -0.39 is 34.4 Å². The molecule has 0 aliphatic heterocycles. The summed E-state index contributed by atoms with van der Waals surface area (Å²) in [5.41, 5.74) is 4.34. The van der Waals surface area contributed by atoms with E-state index in [4.69, 9.17) is 10.5 Å². The van der Waals surface area contributed by atoms with Gasteiger partial charge >= 0.3 is 5.69 Å². The minimum absolute atomic E-state index is 0.0239. The fraction of sp³-hybridized carbons (Fsp3) is 0.0741. The molecule has 0 unspecified atom stereocenters. The van der Waals surface area contributed by atoms with E-state index in [0.29, 0.717) is 15.0 Å². The summed E-state index contributed by atoms with van der Waals surface area (Å²) in [6.45, 7) is 1.78. The summed E-state index contributed by atoms with van der Waals surface area (Å²) in [7, 11) is 0. The number of nitrogens with one attached hydrogen (secondary N) is 1. The number of hydrogen-bond acceptors (Lipinski definition) is 8. The molecule has 10 nitrogen and oxygen atoms in total. The summed E-state index contributed by atoms with van der Waals surface area (Å²) >= 11 is 3.31. The number of rotatable bonds is 7. The maximum absolute atomic E-state index is 14.9. The second-order valence-electron chi connectivity index (χ2n) is 8.64. The number of hydrogen-bond donors (Lipinski definition) is 2. The van der Waals surface area contributed by atoms with Crippen LogP contribution in [0.5, 0.6) is 11.5 Å². The molecule has 0 radical (unpaired) electrons. The van der Waals surface area contributed by atoms with Crippen molar-refractivity contribution < 1.29 is 18.3 Å². The number of carbonyl (C=O) groups is 1. The van der Waals surface area contributed by atoms with E-state index in [0.717, 1.165) is 38.5 Å². The topological polar surface area (TPSA) is 134 Å². The van der Waals surface area contributed by atoms with Gasteiger partial charge in [-0.2, -0.15) is 0 Å². The molecular weight excluding hydrogens is 669 g/mol. The van der Waals surface area contributed by atoms with Gasteiger partial charge in [0.15, 0.2) is 11.6 Å². The number of anilines is 2. The van der Waals surface area contributed by atoms with E-state index in [-0.39, 0.29) is 29.5 Å². The van der Waals surface area contributed by atoms with Crippen LogP contribution in [0, 0.1) is 22.1 Å². The second kappa shape index (κ2) is 11.6. The van der Waals surface area contributed by atoms with Crippen LogP contribution in [0.1, 0.15) is 21.1 Å². The Labute approximate surface area is 248 Å². The van der Waals surface area contributed by atoms with Crippen molar-refractivity contribution in [3.05, 3.63) is 119 Å². The first kappa shape index (κ1) is 28.1. The number of benzene rings is 2. The Balaban J connectivity index is 1.49. The Morgan fingerprint density at radius 2 is 1.88 bits per heavy atom. The number of ether oxygens (including phenoxy) is 1. The third-order valence-corrected chi connectivity index (χ3v) is 7.68. The zero-order chi connectivity index (χ0) is 29.3. The molecule has 208 valence electrons. The Morgan fingerprint density at radius 3 is 2.56 bits per heavy atom. The van der Waals surface area contributed by atoms with E-state index in [1.165, 1.54) is 47.9 Å². The van der Waals surface area contributed by atoms with E-state index in [1.54, 1.807) is 12.3 Å². The number of nitrogens with zero attached hydrogens (tertiary/aromatic N) is 4. The van der Waals surface area contributed by atoms with Gasteiger partial charge in [0.2, 0.25) is 0 Å². The molecule has 1 amide bonds. The van der Waals surface area contributed by atoms with Crippen LogP contribution in [0.25, 0.3) is 5.69 Å². The number of nitrogen functional groups attached to an aromatic ring is 1. The summed E-state index contributed by atoms with van der Waals surface area (Å²) in [6.07, 6.45) is 2.55. The van der Waals surface area contributed by atoms with Crippen molar-refractivity contribution in [1.82, 2.24) is 19.1 Å². The molecule has 5 aromatic rings. The van der Waals surface area contributed by atoms with Crippen LogP contribution in [0.15, 0.2) is 75.9 Å². The molecule has 0 fully saturated rings. The molecule has 5 rings (SSSR count). The molecule has 3 N–H and O–H groups in total. The van der Waals surface area contributed by atoms with Crippen molar-refractivity contribution in [1.29, 1.82) is 0 Å². The highest BCUT2D eigenvalue weighted by Crippen LogP contribution is 2.31. The summed E-state index contributed by atoms with van der Waals surface area (Å²) in [4.78, 5) is 48.2. The molecule has 2 aromatic carbocycles. The predicted molar refractivity (Wildman–Crippen MR) is 158 cm³/mol. The molecule has 0 aliphatic rings. The highest BCUT2D eigenvalue weighted by atomic mass is 127. The van der Waals surface area contributed by atoms with Crippen molar-refractivity contribution in [3.63, 3.8) is 0 Å². The zero-order valence-electron chi connectivity index (χ0n) is 21.1. The number of halogens is 3. The van der Waals surface area contributed by atoms with Crippen LogP contribution in [0.2, 0.25) is 0 Å². The normalized spacial score (nSPS) is 10.9. The number of thiazole rings is 1. The van der Waals surface area contributed by atoms with Crippen molar-refractivity contribution in [2.24, 2.45) is 0 Å². The Hall–Kier alpha value is -4.44. The Kier molecular flexibility index (Phi) is 7.94. The number of carbonyl (C=O) groups excluding carboxylic acids is 1. The predicted octanol–water partition coefficient (Wildman–Crippen LogP) is 4.72. The van der Waals surface area contributed by atoms with Crippen LogP contribution < -0.4 is 27.0 Å². The monoisotopic (exact) mass is 688 g/mol. The van der Waals surface area contributed by atoms with Crippen molar-refractivity contribution >= 4 is 51.3 Å². The molecule has 0 bridgehead atoms. The molecule has 41 heavy (non-hydrogen) atoms. The quantitative estimate of drug-likeness (QED) is 0.237. The maximum atomic E-state index is 14.9. The lowest BCUT2D eigenvalue weighted by molar-refractivity contribution is 0.102. The van der Waals surface area contributed by atoms with E-state index in [1.807, 2.05) is 22.6 Å². The lowest BCUT2D eigenvalue weighted by Gasteiger charge is -2.14. The van der Waals surface area contributed by atoms with Crippen LogP contribution in [-0.2, 0) is 6.54 Å². The number of pyridine rings is 1. The first-order valence-corrected chi connectivity index (χ1v) is 13.8. The average molecular weight is 688 g/mol. The second-order valence-corrected chi connectivity index (χ2v) is 10.8. The molecule has 0 saturated heterocycles. The number of nitrogens with two attached hydrogens (primary N) is 1. The fourth-order valence-corrected chi connectivity index (χ4v) is 4.88. The number of amides is 1. The summed E-state index contributed by atoms with van der Waals surface area (Å²) in [5.74, 6) is -1.85. The van der Waals surface area contributed by atoms with Crippen LogP contribution in [0.4, 0.5) is 20.3 Å². The van der Waals surface area contributed by atoms with Gasteiger partial charge in [-0.05, 0) is 65.9 Å². The third kappa shape index (κ3) is 6.02. The lowest BCUT2D eigenvalue weighted by Crippen LogP contribution is -2.42. The fourth-order valence-electron chi connectivity index (χ4n) is 3.84. The van der Waals surface area contributed by atoms with E-state index in [2.05, 4.69) is 15.3 Å². The molecule has 3 aromatic heterocycles. The van der Waals surface area contributed by atoms with Gasteiger partial charge in [0, 0.05) is 35.6 Å².